The zero-order valence-electron chi connectivity index (χ0n) is 16.0. The van der Waals surface area contributed by atoms with E-state index < -0.39 is 15.1 Å². The minimum Gasteiger partial charge on any atom is -0.481 e. The van der Waals surface area contributed by atoms with Gasteiger partial charge in [0.2, 0.25) is 5.88 Å². The van der Waals surface area contributed by atoms with E-state index in [-0.39, 0.29) is 5.92 Å². The second-order valence-corrected chi connectivity index (χ2v) is 9.65. The van der Waals surface area contributed by atoms with Gasteiger partial charge in [-0.05, 0) is 47.5 Å². The molecule has 29 heavy (non-hydrogen) atoms. The molecule has 0 amide bonds. The molecule has 2 atom stereocenters. The molecule has 6 nitrogen and oxygen atoms in total. The molecular formula is C22H21N3O3S. The third-order valence-electron chi connectivity index (χ3n) is 5.84. The third-order valence-corrected chi connectivity index (χ3v) is 8.10. The van der Waals surface area contributed by atoms with Crippen molar-refractivity contribution in [2.24, 2.45) is 0 Å². The van der Waals surface area contributed by atoms with E-state index in [4.69, 9.17) is 4.74 Å². The lowest BCUT2D eigenvalue weighted by Gasteiger charge is -2.17. The van der Waals surface area contributed by atoms with Crippen LogP contribution in [0.1, 0.15) is 17.2 Å². The summed E-state index contributed by atoms with van der Waals surface area (Å²) in [6.45, 7) is 1.90. The van der Waals surface area contributed by atoms with Crippen molar-refractivity contribution in [2.45, 2.75) is 22.6 Å². The van der Waals surface area contributed by atoms with Crippen LogP contribution in [0.2, 0.25) is 0 Å². The Hall–Kier alpha value is -2.77. The Kier molecular flexibility index (Phi) is 4.37. The van der Waals surface area contributed by atoms with E-state index in [2.05, 4.69) is 14.9 Å². The van der Waals surface area contributed by atoms with Crippen LogP contribution in [0.25, 0.3) is 11.1 Å². The van der Waals surface area contributed by atoms with Crippen LogP contribution in [0, 0.1) is 0 Å². The van der Waals surface area contributed by atoms with Gasteiger partial charge in [0.25, 0.3) is 0 Å². The van der Waals surface area contributed by atoms with Gasteiger partial charge >= 0.3 is 0 Å². The number of benzene rings is 1. The maximum Gasteiger partial charge on any atom is 0.221 e. The molecule has 7 heteroatoms. The monoisotopic (exact) mass is 407 g/mol. The van der Waals surface area contributed by atoms with Gasteiger partial charge in [-0.3, -0.25) is 9.88 Å². The van der Waals surface area contributed by atoms with E-state index >= 15 is 0 Å². The van der Waals surface area contributed by atoms with Crippen molar-refractivity contribution in [2.75, 3.05) is 20.2 Å². The van der Waals surface area contributed by atoms with Crippen molar-refractivity contribution in [3.05, 3.63) is 72.2 Å². The number of fused-ring (bicyclic) bond motifs is 3. The van der Waals surface area contributed by atoms with Gasteiger partial charge < -0.3 is 4.74 Å². The van der Waals surface area contributed by atoms with Crippen LogP contribution in [0.15, 0.2) is 65.8 Å². The molecular weight excluding hydrogens is 386 g/mol. The van der Waals surface area contributed by atoms with Gasteiger partial charge in [0.15, 0.2) is 9.84 Å². The minimum absolute atomic E-state index is 0.0265. The lowest BCUT2D eigenvalue weighted by molar-refractivity contribution is 0.321. The predicted molar refractivity (Wildman–Crippen MR) is 109 cm³/mol. The van der Waals surface area contributed by atoms with Crippen molar-refractivity contribution >= 4 is 9.84 Å². The second kappa shape index (κ2) is 6.93. The molecule has 2 aliphatic heterocycles. The molecule has 2 aliphatic rings. The molecule has 0 N–H and O–H groups in total. The first kappa shape index (κ1) is 18.3. The summed E-state index contributed by atoms with van der Waals surface area (Å²) in [5.41, 5.74) is 3.65. The molecule has 5 rings (SSSR count). The second-order valence-electron chi connectivity index (χ2n) is 7.52. The summed E-state index contributed by atoms with van der Waals surface area (Å²) in [6, 6.07) is 15.2. The molecule has 0 bridgehead atoms. The zero-order valence-corrected chi connectivity index (χ0v) is 16.8. The molecule has 0 saturated carbocycles. The van der Waals surface area contributed by atoms with Crippen LogP contribution in [0.4, 0.5) is 0 Å². The molecule has 148 valence electrons. The maximum absolute atomic E-state index is 13.2. The average molecular weight is 407 g/mol. The fourth-order valence-corrected chi connectivity index (χ4v) is 6.71. The standard InChI is InChI=1S/C22H21N3O3S/c1-28-22-17(6-4-10-24-22)15-7-8-20-18(11-15)19-13-25(14-21(19)29(20,26)27)12-16-5-2-3-9-23-16/h2-11,19,21H,12-14H2,1H3/t19-,21+/m0/s1. The highest BCUT2D eigenvalue weighted by Crippen LogP contribution is 2.46. The average Bonchev–Trinajstić information content (AvgIpc) is 3.26. The molecule has 3 aromatic rings. The van der Waals surface area contributed by atoms with Crippen molar-refractivity contribution in [1.82, 2.24) is 14.9 Å². The number of rotatable bonds is 4. The number of methoxy groups -OCH3 is 1. The molecule has 2 aromatic heterocycles. The molecule has 1 saturated heterocycles. The van der Waals surface area contributed by atoms with Crippen LogP contribution >= 0.6 is 0 Å². The highest BCUT2D eigenvalue weighted by molar-refractivity contribution is 7.92. The fourth-order valence-electron chi connectivity index (χ4n) is 4.52. The molecule has 0 radical (unpaired) electrons. The van der Waals surface area contributed by atoms with E-state index in [9.17, 15) is 8.42 Å². The topological polar surface area (TPSA) is 72.4 Å². The van der Waals surface area contributed by atoms with E-state index in [1.165, 1.54) is 0 Å². The summed E-state index contributed by atoms with van der Waals surface area (Å²) < 4.78 is 31.7. The summed E-state index contributed by atoms with van der Waals surface area (Å²) in [5, 5.41) is -0.396. The highest BCUT2D eigenvalue weighted by atomic mass is 32.2. The third kappa shape index (κ3) is 3.01. The summed E-state index contributed by atoms with van der Waals surface area (Å²) in [5.74, 6) is 0.509. The van der Waals surface area contributed by atoms with Crippen molar-refractivity contribution in [3.63, 3.8) is 0 Å². The maximum atomic E-state index is 13.2. The van der Waals surface area contributed by atoms with Crippen molar-refractivity contribution in [1.29, 1.82) is 0 Å². The Morgan fingerprint density at radius 3 is 2.72 bits per heavy atom. The van der Waals surface area contributed by atoms with Gasteiger partial charge in [0, 0.05) is 43.5 Å². The van der Waals surface area contributed by atoms with E-state index in [0.717, 1.165) is 22.4 Å². The molecule has 0 unspecified atom stereocenters. The minimum atomic E-state index is -3.33. The number of nitrogens with zero attached hydrogens (tertiary/aromatic N) is 3. The number of ether oxygens (including phenoxy) is 1. The number of aromatic nitrogens is 2. The zero-order chi connectivity index (χ0) is 20.0. The normalized spacial score (nSPS) is 22.2. The number of hydrogen-bond donors (Lipinski definition) is 0. The van der Waals surface area contributed by atoms with E-state index in [1.54, 1.807) is 25.6 Å². The Morgan fingerprint density at radius 2 is 1.93 bits per heavy atom. The summed E-state index contributed by atoms with van der Waals surface area (Å²) in [7, 11) is -1.74. The molecule has 0 aliphatic carbocycles. The largest absolute Gasteiger partial charge is 0.481 e. The Labute approximate surface area is 170 Å². The van der Waals surface area contributed by atoms with Crippen LogP contribution < -0.4 is 4.74 Å². The first-order valence-corrected chi connectivity index (χ1v) is 11.1. The number of sulfone groups is 1. The Morgan fingerprint density at radius 1 is 1.07 bits per heavy atom. The van der Waals surface area contributed by atoms with Gasteiger partial charge in [-0.2, -0.15) is 0 Å². The highest BCUT2D eigenvalue weighted by Gasteiger charge is 2.50. The van der Waals surface area contributed by atoms with Crippen LogP contribution in [-0.2, 0) is 16.4 Å². The Balaban J connectivity index is 1.50. The van der Waals surface area contributed by atoms with Gasteiger partial charge in [0.1, 0.15) is 0 Å². The van der Waals surface area contributed by atoms with Crippen LogP contribution in [-0.4, -0.2) is 48.7 Å². The predicted octanol–water partition coefficient (Wildman–Crippen LogP) is 2.91. The lowest BCUT2D eigenvalue weighted by atomic mass is 9.95. The molecule has 4 heterocycles. The first-order chi connectivity index (χ1) is 14.1. The quantitative estimate of drug-likeness (QED) is 0.662. The van der Waals surface area contributed by atoms with Gasteiger partial charge in [-0.15, -0.1) is 0 Å². The van der Waals surface area contributed by atoms with Gasteiger partial charge in [0.05, 0.1) is 22.9 Å². The SMILES string of the molecule is COc1ncccc1-c1ccc2c(c1)[C@@H]1CN(Cc3ccccn3)C[C@H]1S2(=O)=O. The summed E-state index contributed by atoms with van der Waals surface area (Å²) in [4.78, 5) is 11.3. The molecule has 0 spiro atoms. The summed E-state index contributed by atoms with van der Waals surface area (Å²) in [6.07, 6.45) is 3.45. The van der Waals surface area contributed by atoms with Crippen molar-refractivity contribution in [3.8, 4) is 17.0 Å². The molecule has 1 fully saturated rings. The lowest BCUT2D eigenvalue weighted by Crippen LogP contribution is -2.26. The number of hydrogen-bond acceptors (Lipinski definition) is 6. The smallest absolute Gasteiger partial charge is 0.221 e. The van der Waals surface area contributed by atoms with Crippen molar-refractivity contribution < 1.29 is 13.2 Å². The van der Waals surface area contributed by atoms with Gasteiger partial charge in [-0.25, -0.2) is 13.4 Å². The van der Waals surface area contributed by atoms with E-state index in [1.807, 2.05) is 42.5 Å². The first-order valence-electron chi connectivity index (χ1n) is 9.57. The van der Waals surface area contributed by atoms with Gasteiger partial charge in [-0.1, -0.05) is 12.1 Å². The molecule has 1 aromatic carbocycles. The van der Waals surface area contributed by atoms with E-state index in [0.29, 0.717) is 30.4 Å². The Bertz CT molecular complexity index is 1160. The van der Waals surface area contributed by atoms with Crippen LogP contribution in [0.3, 0.4) is 0 Å². The number of likely N-dealkylation sites (tertiary alicyclic amines) is 1. The summed E-state index contributed by atoms with van der Waals surface area (Å²) >= 11 is 0. The number of pyridine rings is 2. The van der Waals surface area contributed by atoms with Crippen LogP contribution in [0.5, 0.6) is 5.88 Å². The fraction of sp³-hybridized carbons (Fsp3) is 0.273.